The average molecular weight is 188 g/mol. The number of aromatic nitrogens is 1. The maximum Gasteiger partial charge on any atom is 0.0626 e. The molecule has 0 amide bonds. The van der Waals surface area contributed by atoms with Crippen molar-refractivity contribution in [1.82, 2.24) is 10.3 Å². The van der Waals surface area contributed by atoms with Gasteiger partial charge in [-0.2, -0.15) is 0 Å². The summed E-state index contributed by atoms with van der Waals surface area (Å²) in [6.45, 7) is 2.29. The Balaban J connectivity index is 1.93. The summed E-state index contributed by atoms with van der Waals surface area (Å²) in [5, 5.41) is 3.40. The van der Waals surface area contributed by atoms with E-state index in [1.165, 1.54) is 19.4 Å². The van der Waals surface area contributed by atoms with E-state index < -0.39 is 0 Å². The molecule has 1 fully saturated rings. The Morgan fingerprint density at radius 3 is 3.14 bits per heavy atom. The van der Waals surface area contributed by atoms with E-state index >= 15 is 0 Å². The highest BCUT2D eigenvalue weighted by Crippen LogP contribution is 2.12. The van der Waals surface area contributed by atoms with Gasteiger partial charge >= 0.3 is 0 Å². The first-order valence-electron chi connectivity index (χ1n) is 5.25. The standard InChI is InChI=1S/C12H16N2/c1-2-9-14-12(5-1)7-6-11-4-3-8-13-10-11/h1-2,5-7,9,11,13H,3-4,8,10H2/b7-6+. The summed E-state index contributed by atoms with van der Waals surface area (Å²) in [5.74, 6) is 0.686. The molecule has 0 aromatic carbocycles. The highest BCUT2D eigenvalue weighted by atomic mass is 14.9. The second-order valence-electron chi connectivity index (χ2n) is 3.72. The first kappa shape index (κ1) is 9.41. The number of rotatable bonds is 2. The van der Waals surface area contributed by atoms with Crippen molar-refractivity contribution in [2.75, 3.05) is 13.1 Å². The Hall–Kier alpha value is -1.15. The van der Waals surface area contributed by atoms with E-state index in [2.05, 4.69) is 22.5 Å². The molecule has 0 radical (unpaired) electrons. The number of nitrogens with zero attached hydrogens (tertiary/aromatic N) is 1. The molecule has 2 heterocycles. The van der Waals surface area contributed by atoms with Crippen molar-refractivity contribution in [3.8, 4) is 0 Å². The third-order valence-corrected chi connectivity index (χ3v) is 2.56. The third-order valence-electron chi connectivity index (χ3n) is 2.56. The van der Waals surface area contributed by atoms with Crippen LogP contribution in [0.1, 0.15) is 18.5 Å². The topological polar surface area (TPSA) is 24.9 Å². The number of piperidine rings is 1. The van der Waals surface area contributed by atoms with Crippen molar-refractivity contribution in [1.29, 1.82) is 0 Å². The van der Waals surface area contributed by atoms with Crippen LogP contribution >= 0.6 is 0 Å². The van der Waals surface area contributed by atoms with Crippen LogP contribution in [0.15, 0.2) is 30.5 Å². The second kappa shape index (κ2) is 4.91. The van der Waals surface area contributed by atoms with Gasteiger partial charge in [0.05, 0.1) is 5.69 Å². The molecule has 0 bridgehead atoms. The number of pyridine rings is 1. The average Bonchev–Trinajstić information content (AvgIpc) is 2.29. The maximum absolute atomic E-state index is 4.26. The summed E-state index contributed by atoms with van der Waals surface area (Å²) in [7, 11) is 0. The molecule has 1 saturated heterocycles. The van der Waals surface area contributed by atoms with Crippen LogP contribution in [0.5, 0.6) is 0 Å². The van der Waals surface area contributed by atoms with Crippen molar-refractivity contribution in [2.45, 2.75) is 12.8 Å². The lowest BCUT2D eigenvalue weighted by molar-refractivity contribution is 0.439. The fraction of sp³-hybridized carbons (Fsp3) is 0.417. The van der Waals surface area contributed by atoms with Crippen LogP contribution in [0.2, 0.25) is 0 Å². The smallest absolute Gasteiger partial charge is 0.0626 e. The summed E-state index contributed by atoms with van der Waals surface area (Å²) in [4.78, 5) is 4.26. The van der Waals surface area contributed by atoms with Crippen LogP contribution < -0.4 is 5.32 Å². The van der Waals surface area contributed by atoms with Crippen molar-refractivity contribution in [3.05, 3.63) is 36.2 Å². The molecule has 0 saturated carbocycles. The van der Waals surface area contributed by atoms with Crippen LogP contribution in [-0.2, 0) is 0 Å². The lowest BCUT2D eigenvalue weighted by atomic mass is 9.99. The van der Waals surface area contributed by atoms with E-state index in [0.717, 1.165) is 12.2 Å². The molecule has 2 rings (SSSR count). The van der Waals surface area contributed by atoms with E-state index in [1.807, 2.05) is 24.4 Å². The summed E-state index contributed by atoms with van der Waals surface area (Å²) >= 11 is 0. The van der Waals surface area contributed by atoms with Crippen molar-refractivity contribution in [2.24, 2.45) is 5.92 Å². The van der Waals surface area contributed by atoms with Crippen LogP contribution in [0.3, 0.4) is 0 Å². The van der Waals surface area contributed by atoms with Gasteiger partial charge in [0.15, 0.2) is 0 Å². The van der Waals surface area contributed by atoms with Crippen molar-refractivity contribution >= 4 is 6.08 Å². The molecule has 14 heavy (non-hydrogen) atoms. The Labute approximate surface area is 85.1 Å². The Morgan fingerprint density at radius 2 is 2.43 bits per heavy atom. The second-order valence-corrected chi connectivity index (χ2v) is 3.72. The van der Waals surface area contributed by atoms with Gasteiger partial charge in [-0.05, 0) is 43.5 Å². The molecule has 1 aromatic heterocycles. The van der Waals surface area contributed by atoms with Gasteiger partial charge in [0, 0.05) is 12.7 Å². The number of nitrogens with one attached hydrogen (secondary N) is 1. The molecule has 0 spiro atoms. The van der Waals surface area contributed by atoms with E-state index in [4.69, 9.17) is 0 Å². The quantitative estimate of drug-likeness (QED) is 0.768. The maximum atomic E-state index is 4.26. The fourth-order valence-corrected chi connectivity index (χ4v) is 1.75. The van der Waals surface area contributed by atoms with Crippen LogP contribution in [0, 0.1) is 5.92 Å². The zero-order valence-electron chi connectivity index (χ0n) is 8.32. The molecule has 1 N–H and O–H groups in total. The minimum Gasteiger partial charge on any atom is -0.316 e. The largest absolute Gasteiger partial charge is 0.316 e. The van der Waals surface area contributed by atoms with Crippen LogP contribution in [0.25, 0.3) is 6.08 Å². The first-order valence-corrected chi connectivity index (χ1v) is 5.25. The number of hydrogen-bond acceptors (Lipinski definition) is 2. The van der Waals surface area contributed by atoms with Gasteiger partial charge in [0.1, 0.15) is 0 Å². The summed E-state index contributed by atoms with van der Waals surface area (Å²) in [6.07, 6.45) is 8.82. The van der Waals surface area contributed by atoms with Crippen LogP contribution in [-0.4, -0.2) is 18.1 Å². The zero-order chi connectivity index (χ0) is 9.64. The van der Waals surface area contributed by atoms with Gasteiger partial charge in [0.25, 0.3) is 0 Å². The molecule has 0 aliphatic carbocycles. The van der Waals surface area contributed by atoms with Gasteiger partial charge in [-0.25, -0.2) is 0 Å². The molecular formula is C12H16N2. The Kier molecular flexibility index (Phi) is 3.30. The molecule has 1 unspecified atom stereocenters. The fourth-order valence-electron chi connectivity index (χ4n) is 1.75. The summed E-state index contributed by atoms with van der Waals surface area (Å²) < 4.78 is 0. The third kappa shape index (κ3) is 2.67. The Morgan fingerprint density at radius 1 is 1.43 bits per heavy atom. The molecule has 1 aliphatic rings. The van der Waals surface area contributed by atoms with Gasteiger partial charge in [0.2, 0.25) is 0 Å². The predicted molar refractivity (Wildman–Crippen MR) is 58.9 cm³/mol. The summed E-state index contributed by atoms with van der Waals surface area (Å²) in [6, 6.07) is 6.00. The first-order chi connectivity index (χ1) is 6.95. The van der Waals surface area contributed by atoms with Gasteiger partial charge in [-0.15, -0.1) is 0 Å². The molecule has 1 atom stereocenters. The lowest BCUT2D eigenvalue weighted by Gasteiger charge is -2.19. The predicted octanol–water partition coefficient (Wildman–Crippen LogP) is 2.09. The van der Waals surface area contributed by atoms with Gasteiger partial charge in [-0.3, -0.25) is 4.98 Å². The molecule has 2 heteroatoms. The highest BCUT2D eigenvalue weighted by molar-refractivity contribution is 5.44. The summed E-state index contributed by atoms with van der Waals surface area (Å²) in [5.41, 5.74) is 1.05. The van der Waals surface area contributed by atoms with E-state index in [-0.39, 0.29) is 0 Å². The Bertz CT molecular complexity index is 286. The molecule has 2 nitrogen and oxygen atoms in total. The van der Waals surface area contributed by atoms with Crippen molar-refractivity contribution in [3.63, 3.8) is 0 Å². The van der Waals surface area contributed by atoms with E-state index in [1.54, 1.807) is 0 Å². The van der Waals surface area contributed by atoms with E-state index in [9.17, 15) is 0 Å². The van der Waals surface area contributed by atoms with E-state index in [0.29, 0.717) is 5.92 Å². The van der Waals surface area contributed by atoms with Gasteiger partial charge < -0.3 is 5.32 Å². The molecule has 1 aromatic rings. The SMILES string of the molecule is C(=C\C1CCCNC1)/c1ccccn1. The van der Waals surface area contributed by atoms with Crippen LogP contribution in [0.4, 0.5) is 0 Å². The minimum absolute atomic E-state index is 0.686. The lowest BCUT2D eigenvalue weighted by Crippen LogP contribution is -2.28. The molecular weight excluding hydrogens is 172 g/mol. The highest BCUT2D eigenvalue weighted by Gasteiger charge is 2.08. The zero-order valence-corrected chi connectivity index (χ0v) is 8.32. The van der Waals surface area contributed by atoms with Crippen molar-refractivity contribution < 1.29 is 0 Å². The molecule has 74 valence electrons. The van der Waals surface area contributed by atoms with Gasteiger partial charge in [-0.1, -0.05) is 12.1 Å². The normalized spacial score (nSPS) is 22.7. The monoisotopic (exact) mass is 188 g/mol. The minimum atomic E-state index is 0.686. The number of hydrogen-bond donors (Lipinski definition) is 1. The molecule has 1 aliphatic heterocycles.